The lowest BCUT2D eigenvalue weighted by atomic mass is 10.1. The van der Waals surface area contributed by atoms with Crippen LogP contribution >= 0.6 is 0 Å². The van der Waals surface area contributed by atoms with Gasteiger partial charge in [-0.3, -0.25) is 9.59 Å². The van der Waals surface area contributed by atoms with Crippen molar-refractivity contribution in [1.29, 1.82) is 0 Å². The first-order valence-corrected chi connectivity index (χ1v) is 8.92. The zero-order valence-electron chi connectivity index (χ0n) is 14.7. The quantitative estimate of drug-likeness (QED) is 0.871. The molecule has 1 aromatic rings. The van der Waals surface area contributed by atoms with E-state index >= 15 is 0 Å². The largest absolute Gasteiger partial charge is 0.483 e. The van der Waals surface area contributed by atoms with E-state index in [1.165, 1.54) is 12.8 Å². The maximum atomic E-state index is 12.3. The van der Waals surface area contributed by atoms with Crippen LogP contribution in [0.5, 0.6) is 5.75 Å². The average Bonchev–Trinajstić information content (AvgIpc) is 2.89. The number of nitrogens with zero attached hydrogens (tertiary/aromatic N) is 1. The van der Waals surface area contributed by atoms with Crippen molar-refractivity contribution < 1.29 is 14.3 Å². The number of rotatable bonds is 6. The highest BCUT2D eigenvalue weighted by Crippen LogP contribution is 2.18. The summed E-state index contributed by atoms with van der Waals surface area (Å²) in [5.74, 6) is 0.290. The summed E-state index contributed by atoms with van der Waals surface area (Å²) in [5.41, 5.74) is 0.474. The van der Waals surface area contributed by atoms with Crippen molar-refractivity contribution in [2.75, 3.05) is 19.7 Å². The topological polar surface area (TPSA) is 58.6 Å². The van der Waals surface area contributed by atoms with Crippen molar-refractivity contribution >= 4 is 11.8 Å². The molecule has 2 amide bonds. The molecule has 0 bridgehead atoms. The number of ether oxygens (including phenoxy) is 1. The Labute approximate surface area is 144 Å². The first-order valence-electron chi connectivity index (χ1n) is 8.92. The van der Waals surface area contributed by atoms with Crippen molar-refractivity contribution in [2.24, 2.45) is 0 Å². The van der Waals surface area contributed by atoms with Crippen LogP contribution in [0.25, 0.3) is 0 Å². The van der Waals surface area contributed by atoms with Crippen LogP contribution in [0.4, 0.5) is 0 Å². The number of amides is 2. The van der Waals surface area contributed by atoms with E-state index < -0.39 is 0 Å². The van der Waals surface area contributed by atoms with Crippen LogP contribution in [0.3, 0.4) is 0 Å². The predicted octanol–water partition coefficient (Wildman–Crippen LogP) is 3.00. The van der Waals surface area contributed by atoms with E-state index in [1.807, 2.05) is 24.8 Å². The normalized spacial score (nSPS) is 16.2. The van der Waals surface area contributed by atoms with Gasteiger partial charge in [0.2, 0.25) is 0 Å². The maximum Gasteiger partial charge on any atom is 0.260 e. The van der Waals surface area contributed by atoms with Gasteiger partial charge in [0, 0.05) is 19.1 Å². The summed E-state index contributed by atoms with van der Waals surface area (Å²) in [6, 6.07) is 7.18. The summed E-state index contributed by atoms with van der Waals surface area (Å²) in [7, 11) is 0. The molecule has 132 valence electrons. The molecule has 1 atom stereocenters. The van der Waals surface area contributed by atoms with Gasteiger partial charge in [-0.15, -0.1) is 0 Å². The molecule has 0 aromatic heterocycles. The molecule has 1 N–H and O–H groups in total. The van der Waals surface area contributed by atoms with Gasteiger partial charge in [0.15, 0.2) is 6.61 Å². The molecular formula is C19H28N2O3. The second kappa shape index (κ2) is 9.30. The highest BCUT2D eigenvalue weighted by molar-refractivity contribution is 5.97. The minimum Gasteiger partial charge on any atom is -0.483 e. The van der Waals surface area contributed by atoms with Crippen molar-refractivity contribution in [3.8, 4) is 5.75 Å². The van der Waals surface area contributed by atoms with Gasteiger partial charge in [-0.05, 0) is 38.3 Å². The van der Waals surface area contributed by atoms with Crippen molar-refractivity contribution in [2.45, 2.75) is 52.0 Å². The fraction of sp³-hybridized carbons (Fsp3) is 0.579. The summed E-state index contributed by atoms with van der Waals surface area (Å²) in [6.45, 7) is 5.57. The number of hydrogen-bond donors (Lipinski definition) is 1. The van der Waals surface area contributed by atoms with Gasteiger partial charge >= 0.3 is 0 Å². The summed E-state index contributed by atoms with van der Waals surface area (Å²) in [6.07, 6.45) is 5.34. The number of benzene rings is 1. The van der Waals surface area contributed by atoms with Gasteiger partial charge in [-0.2, -0.15) is 0 Å². The second-order valence-electron chi connectivity index (χ2n) is 6.36. The van der Waals surface area contributed by atoms with Gasteiger partial charge < -0.3 is 15.0 Å². The monoisotopic (exact) mass is 332 g/mol. The van der Waals surface area contributed by atoms with Crippen LogP contribution in [0.15, 0.2) is 24.3 Å². The van der Waals surface area contributed by atoms with E-state index in [-0.39, 0.29) is 24.5 Å². The fourth-order valence-electron chi connectivity index (χ4n) is 2.73. The van der Waals surface area contributed by atoms with Gasteiger partial charge in [0.1, 0.15) is 5.75 Å². The third-order valence-electron chi connectivity index (χ3n) is 4.43. The van der Waals surface area contributed by atoms with Crippen LogP contribution in [-0.4, -0.2) is 42.5 Å². The van der Waals surface area contributed by atoms with Crippen LogP contribution in [0, 0.1) is 0 Å². The van der Waals surface area contributed by atoms with Crippen LogP contribution < -0.4 is 10.1 Å². The molecule has 1 aliphatic rings. The van der Waals surface area contributed by atoms with E-state index in [2.05, 4.69) is 5.32 Å². The molecule has 5 nitrogen and oxygen atoms in total. The first-order chi connectivity index (χ1) is 11.6. The molecule has 1 aromatic carbocycles. The molecule has 24 heavy (non-hydrogen) atoms. The number of nitrogens with one attached hydrogen (secondary N) is 1. The second-order valence-corrected chi connectivity index (χ2v) is 6.36. The number of para-hydroxylation sites is 1. The molecular weight excluding hydrogens is 304 g/mol. The Bertz CT molecular complexity index is 551. The minimum atomic E-state index is -0.165. The number of carbonyl (C=O) groups is 2. The smallest absolute Gasteiger partial charge is 0.260 e. The molecule has 5 heteroatoms. The van der Waals surface area contributed by atoms with Crippen molar-refractivity contribution in [1.82, 2.24) is 10.2 Å². The molecule has 1 saturated heterocycles. The Morgan fingerprint density at radius 2 is 1.83 bits per heavy atom. The highest BCUT2D eigenvalue weighted by atomic mass is 16.5. The third kappa shape index (κ3) is 5.25. The van der Waals surface area contributed by atoms with Crippen molar-refractivity contribution in [3.63, 3.8) is 0 Å². The Morgan fingerprint density at radius 1 is 1.17 bits per heavy atom. The van der Waals surface area contributed by atoms with Crippen LogP contribution in [-0.2, 0) is 4.79 Å². The Morgan fingerprint density at radius 3 is 2.50 bits per heavy atom. The van der Waals surface area contributed by atoms with E-state index in [1.54, 1.807) is 18.2 Å². The predicted molar refractivity (Wildman–Crippen MR) is 94.2 cm³/mol. The first kappa shape index (κ1) is 18.3. The molecule has 1 aliphatic heterocycles. The van der Waals surface area contributed by atoms with E-state index in [9.17, 15) is 9.59 Å². The molecule has 0 aliphatic carbocycles. The third-order valence-corrected chi connectivity index (χ3v) is 4.43. The van der Waals surface area contributed by atoms with Gasteiger partial charge in [-0.25, -0.2) is 0 Å². The number of hydrogen-bond acceptors (Lipinski definition) is 3. The molecule has 1 fully saturated rings. The van der Waals surface area contributed by atoms with Crippen LogP contribution in [0.2, 0.25) is 0 Å². The van der Waals surface area contributed by atoms with Gasteiger partial charge in [0.25, 0.3) is 11.8 Å². The van der Waals surface area contributed by atoms with Crippen LogP contribution in [0.1, 0.15) is 56.3 Å². The van der Waals surface area contributed by atoms with E-state index in [0.29, 0.717) is 11.3 Å². The molecule has 1 unspecified atom stereocenters. The van der Waals surface area contributed by atoms with Crippen molar-refractivity contribution in [3.05, 3.63) is 29.8 Å². The lowest BCUT2D eigenvalue weighted by Gasteiger charge is -2.21. The Hall–Kier alpha value is -2.04. The number of carbonyl (C=O) groups excluding carboxylic acids is 2. The van der Waals surface area contributed by atoms with Gasteiger partial charge in [0.05, 0.1) is 5.56 Å². The molecule has 0 radical (unpaired) electrons. The molecule has 2 rings (SSSR count). The molecule has 0 spiro atoms. The van der Waals surface area contributed by atoms with E-state index in [0.717, 1.165) is 32.4 Å². The minimum absolute atomic E-state index is 0.00552. The summed E-state index contributed by atoms with van der Waals surface area (Å²) >= 11 is 0. The fourth-order valence-corrected chi connectivity index (χ4v) is 2.73. The summed E-state index contributed by atoms with van der Waals surface area (Å²) < 4.78 is 5.68. The maximum absolute atomic E-state index is 12.3. The Kier molecular flexibility index (Phi) is 7.09. The zero-order valence-corrected chi connectivity index (χ0v) is 14.7. The molecule has 1 heterocycles. The zero-order chi connectivity index (χ0) is 17.4. The summed E-state index contributed by atoms with van der Waals surface area (Å²) in [4.78, 5) is 26.5. The highest BCUT2D eigenvalue weighted by Gasteiger charge is 2.18. The number of likely N-dealkylation sites (tertiary alicyclic amines) is 1. The summed E-state index contributed by atoms with van der Waals surface area (Å²) in [5, 5.41) is 2.93. The SMILES string of the molecule is CCC(C)NC(=O)c1ccccc1OCC(=O)N1CCCCCC1. The van der Waals surface area contributed by atoms with E-state index in [4.69, 9.17) is 4.74 Å². The Balaban J connectivity index is 1.96. The molecule has 0 saturated carbocycles. The lowest BCUT2D eigenvalue weighted by Crippen LogP contribution is -2.36. The van der Waals surface area contributed by atoms with Gasteiger partial charge in [-0.1, -0.05) is 31.9 Å². The average molecular weight is 332 g/mol. The standard InChI is InChI=1S/C19H28N2O3/c1-3-15(2)20-19(23)16-10-6-7-11-17(16)24-14-18(22)21-12-8-4-5-9-13-21/h6-7,10-11,15H,3-5,8-9,12-14H2,1-2H3,(H,20,23). The lowest BCUT2D eigenvalue weighted by molar-refractivity contribution is -0.133.